The molecule has 108 valence electrons. The highest BCUT2D eigenvalue weighted by atomic mass is 16.5. The second-order valence-electron chi connectivity index (χ2n) is 5.74. The molecular formula is C16H27NO2. The summed E-state index contributed by atoms with van der Waals surface area (Å²) in [5, 5.41) is 13.0. The van der Waals surface area contributed by atoms with Gasteiger partial charge in [0.25, 0.3) is 0 Å². The van der Waals surface area contributed by atoms with E-state index in [0.717, 1.165) is 12.3 Å². The molecule has 0 bridgehead atoms. The normalized spacial score (nSPS) is 13.0. The van der Waals surface area contributed by atoms with Gasteiger partial charge in [-0.05, 0) is 36.1 Å². The van der Waals surface area contributed by atoms with Crippen LogP contribution in [-0.4, -0.2) is 30.9 Å². The van der Waals surface area contributed by atoms with Crippen molar-refractivity contribution in [3.63, 3.8) is 0 Å². The zero-order valence-corrected chi connectivity index (χ0v) is 12.5. The fourth-order valence-corrected chi connectivity index (χ4v) is 1.75. The minimum Gasteiger partial charge on any atom is -0.491 e. The van der Waals surface area contributed by atoms with Crippen molar-refractivity contribution in [2.24, 2.45) is 5.92 Å². The van der Waals surface area contributed by atoms with E-state index in [0.29, 0.717) is 25.0 Å². The number of nitrogens with one attached hydrogen (secondary N) is 1. The summed E-state index contributed by atoms with van der Waals surface area (Å²) in [6.45, 7) is 10.4. The molecule has 0 amide bonds. The van der Waals surface area contributed by atoms with Gasteiger partial charge in [0.2, 0.25) is 0 Å². The standard InChI is InChI=1S/C16H27NO2/c1-12(2)9-17-10-15(18)11-19-16-7-5-6-14(8-16)13(3)4/h5-8,12-13,15,17-18H,9-11H2,1-4H3/t15-/m1/s1. The van der Waals surface area contributed by atoms with Gasteiger partial charge in [-0.1, -0.05) is 39.8 Å². The second-order valence-corrected chi connectivity index (χ2v) is 5.74. The molecule has 1 aromatic carbocycles. The van der Waals surface area contributed by atoms with E-state index in [2.05, 4.69) is 39.1 Å². The quantitative estimate of drug-likeness (QED) is 0.759. The molecule has 0 aromatic heterocycles. The third-order valence-corrected chi connectivity index (χ3v) is 2.90. The Kier molecular flexibility index (Phi) is 6.89. The fraction of sp³-hybridized carbons (Fsp3) is 0.625. The zero-order valence-electron chi connectivity index (χ0n) is 12.5. The van der Waals surface area contributed by atoms with Gasteiger partial charge < -0.3 is 15.2 Å². The van der Waals surface area contributed by atoms with Crippen LogP contribution in [0.15, 0.2) is 24.3 Å². The lowest BCUT2D eigenvalue weighted by Gasteiger charge is -2.15. The Bertz CT molecular complexity index is 364. The highest BCUT2D eigenvalue weighted by molar-refractivity contribution is 5.30. The average Bonchev–Trinajstić information content (AvgIpc) is 2.36. The number of aliphatic hydroxyl groups excluding tert-OH is 1. The zero-order chi connectivity index (χ0) is 14.3. The van der Waals surface area contributed by atoms with Crippen molar-refractivity contribution in [3.05, 3.63) is 29.8 Å². The largest absolute Gasteiger partial charge is 0.491 e. The Morgan fingerprint density at radius 1 is 1.16 bits per heavy atom. The second kappa shape index (κ2) is 8.18. The predicted octanol–water partition coefficient (Wildman–Crippen LogP) is 2.80. The Morgan fingerprint density at radius 2 is 1.89 bits per heavy atom. The molecule has 0 aliphatic rings. The fourth-order valence-electron chi connectivity index (χ4n) is 1.75. The van der Waals surface area contributed by atoms with Crippen LogP contribution in [-0.2, 0) is 0 Å². The van der Waals surface area contributed by atoms with Gasteiger partial charge in [0.1, 0.15) is 18.5 Å². The van der Waals surface area contributed by atoms with Crippen molar-refractivity contribution in [2.45, 2.75) is 39.7 Å². The molecule has 1 rings (SSSR count). The van der Waals surface area contributed by atoms with Crippen molar-refractivity contribution >= 4 is 0 Å². The third kappa shape index (κ3) is 6.60. The van der Waals surface area contributed by atoms with E-state index in [9.17, 15) is 5.11 Å². The van der Waals surface area contributed by atoms with Gasteiger partial charge in [0.15, 0.2) is 0 Å². The third-order valence-electron chi connectivity index (χ3n) is 2.90. The summed E-state index contributed by atoms with van der Waals surface area (Å²) < 4.78 is 5.63. The molecular weight excluding hydrogens is 238 g/mol. The smallest absolute Gasteiger partial charge is 0.119 e. The Morgan fingerprint density at radius 3 is 2.53 bits per heavy atom. The minimum atomic E-state index is -0.471. The molecule has 0 aliphatic heterocycles. The van der Waals surface area contributed by atoms with Crippen LogP contribution < -0.4 is 10.1 Å². The summed E-state index contributed by atoms with van der Waals surface area (Å²) in [5.74, 6) is 1.91. The van der Waals surface area contributed by atoms with E-state index < -0.39 is 6.10 Å². The number of aliphatic hydroxyl groups is 1. The number of benzene rings is 1. The molecule has 1 aromatic rings. The molecule has 1 atom stereocenters. The molecule has 3 nitrogen and oxygen atoms in total. The maximum Gasteiger partial charge on any atom is 0.119 e. The van der Waals surface area contributed by atoms with Crippen molar-refractivity contribution < 1.29 is 9.84 Å². The number of ether oxygens (including phenoxy) is 1. The van der Waals surface area contributed by atoms with Gasteiger partial charge in [0, 0.05) is 6.54 Å². The Labute approximate surface area is 117 Å². The summed E-state index contributed by atoms with van der Waals surface area (Å²) in [5.41, 5.74) is 1.25. The lowest BCUT2D eigenvalue weighted by Crippen LogP contribution is -2.33. The van der Waals surface area contributed by atoms with E-state index in [4.69, 9.17) is 4.74 Å². The molecule has 0 radical (unpaired) electrons. The highest BCUT2D eigenvalue weighted by Crippen LogP contribution is 2.20. The van der Waals surface area contributed by atoms with Gasteiger partial charge in [-0.25, -0.2) is 0 Å². The molecule has 0 unspecified atom stereocenters. The lowest BCUT2D eigenvalue weighted by molar-refractivity contribution is 0.106. The predicted molar refractivity (Wildman–Crippen MR) is 79.7 cm³/mol. The lowest BCUT2D eigenvalue weighted by atomic mass is 10.0. The Hall–Kier alpha value is -1.06. The minimum absolute atomic E-state index is 0.326. The van der Waals surface area contributed by atoms with Crippen LogP contribution in [0.25, 0.3) is 0 Å². The summed E-state index contributed by atoms with van der Waals surface area (Å²) >= 11 is 0. The first-order valence-electron chi connectivity index (χ1n) is 7.10. The molecule has 0 spiro atoms. The van der Waals surface area contributed by atoms with Gasteiger partial charge >= 0.3 is 0 Å². The van der Waals surface area contributed by atoms with Crippen molar-refractivity contribution in [1.82, 2.24) is 5.32 Å². The van der Waals surface area contributed by atoms with Crippen LogP contribution >= 0.6 is 0 Å². The number of hydrogen-bond acceptors (Lipinski definition) is 3. The Balaban J connectivity index is 2.33. The van der Waals surface area contributed by atoms with E-state index in [1.165, 1.54) is 5.56 Å². The number of hydrogen-bond donors (Lipinski definition) is 2. The van der Waals surface area contributed by atoms with Gasteiger partial charge in [-0.15, -0.1) is 0 Å². The van der Waals surface area contributed by atoms with Crippen LogP contribution in [0.4, 0.5) is 0 Å². The molecule has 0 fully saturated rings. The summed E-state index contributed by atoms with van der Waals surface area (Å²) in [6.07, 6.45) is -0.471. The summed E-state index contributed by atoms with van der Waals surface area (Å²) in [7, 11) is 0. The van der Waals surface area contributed by atoms with Gasteiger partial charge in [0.05, 0.1) is 0 Å². The summed E-state index contributed by atoms with van der Waals surface area (Å²) in [6, 6.07) is 8.06. The van der Waals surface area contributed by atoms with Crippen molar-refractivity contribution in [2.75, 3.05) is 19.7 Å². The monoisotopic (exact) mass is 265 g/mol. The van der Waals surface area contributed by atoms with Gasteiger partial charge in [-0.3, -0.25) is 0 Å². The molecule has 0 aliphatic carbocycles. The van der Waals surface area contributed by atoms with Crippen molar-refractivity contribution in [1.29, 1.82) is 0 Å². The van der Waals surface area contributed by atoms with Crippen LogP contribution in [0.3, 0.4) is 0 Å². The summed E-state index contributed by atoms with van der Waals surface area (Å²) in [4.78, 5) is 0. The van der Waals surface area contributed by atoms with E-state index in [1.807, 2.05) is 18.2 Å². The molecule has 0 heterocycles. The first-order valence-corrected chi connectivity index (χ1v) is 7.10. The van der Waals surface area contributed by atoms with Crippen LogP contribution in [0.5, 0.6) is 5.75 Å². The molecule has 3 heteroatoms. The van der Waals surface area contributed by atoms with E-state index >= 15 is 0 Å². The first-order chi connectivity index (χ1) is 8.99. The van der Waals surface area contributed by atoms with Gasteiger partial charge in [-0.2, -0.15) is 0 Å². The maximum absolute atomic E-state index is 9.81. The molecule has 19 heavy (non-hydrogen) atoms. The maximum atomic E-state index is 9.81. The SMILES string of the molecule is CC(C)CNC[C@@H](O)COc1cccc(C(C)C)c1. The average molecular weight is 265 g/mol. The number of rotatable bonds is 8. The molecule has 2 N–H and O–H groups in total. The van der Waals surface area contributed by atoms with Crippen LogP contribution in [0, 0.1) is 5.92 Å². The van der Waals surface area contributed by atoms with Crippen LogP contribution in [0.1, 0.15) is 39.2 Å². The van der Waals surface area contributed by atoms with Crippen LogP contribution in [0.2, 0.25) is 0 Å². The van der Waals surface area contributed by atoms with Crippen molar-refractivity contribution in [3.8, 4) is 5.75 Å². The topological polar surface area (TPSA) is 41.5 Å². The molecule has 0 saturated carbocycles. The highest BCUT2D eigenvalue weighted by Gasteiger charge is 2.06. The first kappa shape index (κ1) is 16.0. The van der Waals surface area contributed by atoms with E-state index in [-0.39, 0.29) is 0 Å². The van der Waals surface area contributed by atoms with E-state index in [1.54, 1.807) is 0 Å². The molecule has 0 saturated heterocycles.